The number of rotatable bonds is 8. The summed E-state index contributed by atoms with van der Waals surface area (Å²) in [7, 11) is 0. The molecule has 1 aromatic carbocycles. The fourth-order valence-electron chi connectivity index (χ4n) is 2.54. The maximum atomic E-state index is 13.1. The number of primary amides is 1. The van der Waals surface area contributed by atoms with E-state index in [-0.39, 0.29) is 12.4 Å². The van der Waals surface area contributed by atoms with Gasteiger partial charge in [-0.05, 0) is 49.7 Å². The molecule has 2 aromatic rings. The van der Waals surface area contributed by atoms with Crippen LogP contribution in [0.4, 0.5) is 15.9 Å². The lowest BCUT2D eigenvalue weighted by Gasteiger charge is -2.24. The molecule has 0 saturated carbocycles. The summed E-state index contributed by atoms with van der Waals surface area (Å²) in [6.45, 7) is 6.49. The van der Waals surface area contributed by atoms with Crippen LogP contribution in [0.15, 0.2) is 42.6 Å². The molecule has 24 heavy (non-hydrogen) atoms. The van der Waals surface area contributed by atoms with Crippen molar-refractivity contribution in [2.24, 2.45) is 5.73 Å². The fourth-order valence-corrected chi connectivity index (χ4v) is 2.54. The van der Waals surface area contributed by atoms with Crippen molar-refractivity contribution < 1.29 is 9.18 Å². The average molecular weight is 330 g/mol. The topological polar surface area (TPSA) is 62.5 Å². The Labute approximate surface area is 141 Å². The van der Waals surface area contributed by atoms with Gasteiger partial charge in [-0.3, -0.25) is 4.79 Å². The summed E-state index contributed by atoms with van der Waals surface area (Å²) in [4.78, 5) is 19.8. The first-order valence-corrected chi connectivity index (χ1v) is 8.02. The third-order valence-electron chi connectivity index (χ3n) is 3.81. The lowest BCUT2D eigenvalue weighted by atomic mass is 10.2. The zero-order valence-corrected chi connectivity index (χ0v) is 14.1. The molecule has 128 valence electrons. The fraction of sp³-hybridized carbons (Fsp3) is 0.333. The Morgan fingerprint density at radius 2 is 1.75 bits per heavy atom. The zero-order valence-electron chi connectivity index (χ0n) is 14.1. The van der Waals surface area contributed by atoms with Crippen LogP contribution in [-0.2, 0) is 11.3 Å². The molecule has 0 saturated heterocycles. The number of aromatic nitrogens is 1. The minimum Gasteiger partial charge on any atom is -0.368 e. The largest absolute Gasteiger partial charge is 0.368 e. The van der Waals surface area contributed by atoms with Gasteiger partial charge in [0.15, 0.2) is 0 Å². The summed E-state index contributed by atoms with van der Waals surface area (Å²) < 4.78 is 13.1. The van der Waals surface area contributed by atoms with E-state index in [9.17, 15) is 9.18 Å². The molecule has 0 aliphatic rings. The highest BCUT2D eigenvalue weighted by Crippen LogP contribution is 2.18. The number of carbonyl (C=O) groups excluding carboxylic acids is 1. The third-order valence-corrected chi connectivity index (χ3v) is 3.81. The van der Waals surface area contributed by atoms with E-state index >= 15 is 0 Å². The van der Waals surface area contributed by atoms with E-state index in [1.54, 1.807) is 23.2 Å². The number of carbonyl (C=O) groups is 1. The molecule has 0 atom stereocenters. The van der Waals surface area contributed by atoms with Crippen molar-refractivity contribution in [2.75, 3.05) is 29.4 Å². The van der Waals surface area contributed by atoms with E-state index in [0.717, 1.165) is 30.2 Å². The van der Waals surface area contributed by atoms with Gasteiger partial charge in [-0.15, -0.1) is 0 Å². The molecule has 2 N–H and O–H groups in total. The van der Waals surface area contributed by atoms with Crippen LogP contribution in [0.2, 0.25) is 0 Å². The summed E-state index contributed by atoms with van der Waals surface area (Å²) in [6, 6.07) is 9.95. The summed E-state index contributed by atoms with van der Waals surface area (Å²) in [5, 5.41) is 0. The number of pyridine rings is 1. The van der Waals surface area contributed by atoms with Crippen molar-refractivity contribution in [3.8, 4) is 0 Å². The van der Waals surface area contributed by atoms with Crippen molar-refractivity contribution in [1.29, 1.82) is 0 Å². The molecule has 1 amide bonds. The Morgan fingerprint density at radius 1 is 1.08 bits per heavy atom. The minimum atomic E-state index is -0.438. The first kappa shape index (κ1) is 17.7. The molecule has 0 unspecified atom stereocenters. The molecule has 0 aliphatic carbocycles. The molecule has 0 radical (unpaired) electrons. The van der Waals surface area contributed by atoms with Gasteiger partial charge in [0.1, 0.15) is 11.6 Å². The lowest BCUT2D eigenvalue weighted by Crippen LogP contribution is -2.33. The highest BCUT2D eigenvalue weighted by atomic mass is 19.1. The highest BCUT2D eigenvalue weighted by Gasteiger charge is 2.11. The first-order valence-electron chi connectivity index (χ1n) is 8.02. The van der Waals surface area contributed by atoms with E-state index in [1.807, 2.05) is 12.1 Å². The van der Waals surface area contributed by atoms with Gasteiger partial charge in [-0.25, -0.2) is 9.37 Å². The van der Waals surface area contributed by atoms with Crippen LogP contribution in [0.3, 0.4) is 0 Å². The zero-order chi connectivity index (χ0) is 17.5. The van der Waals surface area contributed by atoms with Gasteiger partial charge in [0, 0.05) is 31.5 Å². The normalized spacial score (nSPS) is 10.5. The van der Waals surface area contributed by atoms with Crippen molar-refractivity contribution in [3.63, 3.8) is 0 Å². The molecule has 2 rings (SSSR count). The Balaban J connectivity index is 2.17. The predicted octanol–water partition coefficient (Wildman–Crippen LogP) is 2.56. The second-order valence-electron chi connectivity index (χ2n) is 5.50. The van der Waals surface area contributed by atoms with Crippen LogP contribution >= 0.6 is 0 Å². The molecule has 1 heterocycles. The first-order chi connectivity index (χ1) is 11.5. The molecule has 0 bridgehead atoms. The number of benzene rings is 1. The molecular weight excluding hydrogens is 307 g/mol. The number of amides is 1. The van der Waals surface area contributed by atoms with E-state index in [0.29, 0.717) is 6.54 Å². The van der Waals surface area contributed by atoms with Gasteiger partial charge in [0.05, 0.1) is 6.54 Å². The quantitative estimate of drug-likeness (QED) is 0.808. The van der Waals surface area contributed by atoms with E-state index in [2.05, 4.69) is 23.7 Å². The van der Waals surface area contributed by atoms with Crippen molar-refractivity contribution >= 4 is 17.4 Å². The summed E-state index contributed by atoms with van der Waals surface area (Å²) in [5.74, 6) is 0.169. The van der Waals surface area contributed by atoms with E-state index in [1.165, 1.54) is 12.1 Å². The Hall–Kier alpha value is -2.63. The maximum absolute atomic E-state index is 13.1. The maximum Gasteiger partial charge on any atom is 0.236 e. The standard InChI is InChI=1S/C18H23FN4O/c1-3-22(4-2)18-10-5-14(11-21-18)12-23(13-17(20)24)16-8-6-15(19)7-9-16/h5-11H,3-4,12-13H2,1-2H3,(H2,20,24). The van der Waals surface area contributed by atoms with Gasteiger partial charge in [0.2, 0.25) is 5.91 Å². The van der Waals surface area contributed by atoms with Crippen LogP contribution in [-0.4, -0.2) is 30.5 Å². The smallest absolute Gasteiger partial charge is 0.236 e. The van der Waals surface area contributed by atoms with E-state index < -0.39 is 5.91 Å². The second-order valence-corrected chi connectivity index (χ2v) is 5.50. The Bertz CT molecular complexity index is 654. The van der Waals surface area contributed by atoms with Gasteiger partial charge >= 0.3 is 0 Å². The van der Waals surface area contributed by atoms with Crippen LogP contribution in [0, 0.1) is 5.82 Å². The van der Waals surface area contributed by atoms with Crippen LogP contribution in [0.25, 0.3) is 0 Å². The average Bonchev–Trinajstić information content (AvgIpc) is 2.57. The van der Waals surface area contributed by atoms with Crippen LogP contribution in [0.5, 0.6) is 0 Å². The molecule has 6 heteroatoms. The predicted molar refractivity (Wildman–Crippen MR) is 94.4 cm³/mol. The van der Waals surface area contributed by atoms with E-state index in [4.69, 9.17) is 5.73 Å². The second kappa shape index (κ2) is 8.29. The summed E-state index contributed by atoms with van der Waals surface area (Å²) in [6.07, 6.45) is 1.80. The number of halogens is 1. The monoisotopic (exact) mass is 330 g/mol. The molecule has 0 spiro atoms. The number of hydrogen-bond acceptors (Lipinski definition) is 4. The van der Waals surface area contributed by atoms with Gasteiger partial charge in [0.25, 0.3) is 0 Å². The van der Waals surface area contributed by atoms with Crippen LogP contribution in [0.1, 0.15) is 19.4 Å². The van der Waals surface area contributed by atoms with Gasteiger partial charge in [-0.1, -0.05) is 6.07 Å². The van der Waals surface area contributed by atoms with Crippen molar-refractivity contribution in [2.45, 2.75) is 20.4 Å². The minimum absolute atomic E-state index is 0.0590. The number of nitrogens with two attached hydrogens (primary N) is 1. The molecule has 0 aliphatic heterocycles. The number of hydrogen-bond donors (Lipinski definition) is 1. The Kier molecular flexibility index (Phi) is 6.12. The SMILES string of the molecule is CCN(CC)c1ccc(CN(CC(N)=O)c2ccc(F)cc2)cn1. The molecule has 1 aromatic heterocycles. The summed E-state index contributed by atoms with van der Waals surface area (Å²) >= 11 is 0. The number of anilines is 2. The summed E-state index contributed by atoms with van der Waals surface area (Å²) in [5.41, 5.74) is 7.03. The molecular formula is C18H23FN4O. The van der Waals surface area contributed by atoms with Gasteiger partial charge < -0.3 is 15.5 Å². The Morgan fingerprint density at radius 3 is 2.25 bits per heavy atom. The highest BCUT2D eigenvalue weighted by molar-refractivity contribution is 5.79. The number of nitrogens with zero attached hydrogens (tertiary/aromatic N) is 3. The van der Waals surface area contributed by atoms with Crippen molar-refractivity contribution in [1.82, 2.24) is 4.98 Å². The molecule has 5 nitrogen and oxygen atoms in total. The lowest BCUT2D eigenvalue weighted by molar-refractivity contribution is -0.116. The van der Waals surface area contributed by atoms with Crippen molar-refractivity contribution in [3.05, 3.63) is 54.0 Å². The van der Waals surface area contributed by atoms with Crippen LogP contribution < -0.4 is 15.5 Å². The third kappa shape index (κ3) is 4.68. The van der Waals surface area contributed by atoms with Gasteiger partial charge in [-0.2, -0.15) is 0 Å². The molecule has 0 fully saturated rings.